The highest BCUT2D eigenvalue weighted by molar-refractivity contribution is 7.81. The minimum atomic E-state index is -0.0416. The Morgan fingerprint density at radius 2 is 2.33 bits per heavy atom. The largest absolute Gasteiger partial charge is 0.493 e. The van der Waals surface area contributed by atoms with Gasteiger partial charge in [-0.25, -0.2) is 0 Å². The average Bonchev–Trinajstić information content (AvgIpc) is 2.29. The first-order valence-electron chi connectivity index (χ1n) is 4.93. The molecule has 0 radical (unpaired) electrons. The zero-order chi connectivity index (χ0) is 10.7. The average molecular weight is 223 g/mol. The Hall–Kier alpha value is -1.16. The normalized spacial score (nSPS) is 18.9. The fraction of sp³-hybridized carbons (Fsp3) is 0.364. The van der Waals surface area contributed by atoms with E-state index in [0.29, 0.717) is 6.61 Å². The number of carbonyl (C=O) groups is 1. The van der Waals surface area contributed by atoms with E-state index in [1.165, 1.54) is 0 Å². The summed E-state index contributed by atoms with van der Waals surface area (Å²) in [6, 6.07) is 7.86. The van der Waals surface area contributed by atoms with Crippen LogP contribution >= 0.6 is 12.6 Å². The molecule has 0 spiro atoms. The molecule has 1 aliphatic heterocycles. The lowest BCUT2D eigenvalue weighted by atomic mass is 10.0. The van der Waals surface area contributed by atoms with E-state index in [0.717, 1.165) is 17.7 Å². The lowest BCUT2D eigenvalue weighted by Crippen LogP contribution is -2.32. The van der Waals surface area contributed by atoms with Crippen LogP contribution in [0.4, 0.5) is 0 Å². The van der Waals surface area contributed by atoms with E-state index in [1.807, 2.05) is 24.3 Å². The molecule has 0 saturated heterocycles. The molecule has 0 saturated carbocycles. The first-order valence-corrected chi connectivity index (χ1v) is 5.56. The maximum Gasteiger partial charge on any atom is 0.230 e. The zero-order valence-corrected chi connectivity index (χ0v) is 9.17. The molecule has 1 N–H and O–H groups in total. The summed E-state index contributed by atoms with van der Waals surface area (Å²) in [6.07, 6.45) is 0.816. The van der Waals surface area contributed by atoms with Crippen LogP contribution in [-0.4, -0.2) is 18.3 Å². The Morgan fingerprint density at radius 1 is 1.53 bits per heavy atom. The fourth-order valence-electron chi connectivity index (χ4n) is 1.73. The van der Waals surface area contributed by atoms with Gasteiger partial charge in [0.2, 0.25) is 5.91 Å². The molecule has 0 aliphatic carbocycles. The summed E-state index contributed by atoms with van der Waals surface area (Å²) in [4.78, 5) is 11.3. The number of nitrogens with one attached hydrogen (secondary N) is 1. The van der Waals surface area contributed by atoms with Gasteiger partial charge in [0.05, 0.1) is 18.4 Å². The highest BCUT2D eigenvalue weighted by Gasteiger charge is 2.21. The molecule has 1 unspecified atom stereocenters. The molecule has 1 heterocycles. The first-order chi connectivity index (χ1) is 7.31. The van der Waals surface area contributed by atoms with Crippen molar-refractivity contribution in [3.8, 4) is 5.75 Å². The summed E-state index contributed by atoms with van der Waals surface area (Å²) in [5.41, 5.74) is 1.05. The van der Waals surface area contributed by atoms with Crippen LogP contribution < -0.4 is 10.1 Å². The number of fused-ring (bicyclic) bond motifs is 1. The van der Waals surface area contributed by atoms with Crippen molar-refractivity contribution >= 4 is 18.5 Å². The summed E-state index contributed by atoms with van der Waals surface area (Å²) in [6.45, 7) is 0.647. The highest BCUT2D eigenvalue weighted by Crippen LogP contribution is 2.31. The van der Waals surface area contributed by atoms with Crippen LogP contribution in [0.5, 0.6) is 5.75 Å². The van der Waals surface area contributed by atoms with Gasteiger partial charge in [-0.1, -0.05) is 18.2 Å². The fourth-order valence-corrected chi connectivity index (χ4v) is 1.82. The van der Waals surface area contributed by atoms with Gasteiger partial charge in [-0.2, -0.15) is 12.6 Å². The van der Waals surface area contributed by atoms with E-state index in [-0.39, 0.29) is 17.7 Å². The van der Waals surface area contributed by atoms with Gasteiger partial charge in [0.15, 0.2) is 0 Å². The van der Waals surface area contributed by atoms with Gasteiger partial charge in [0.25, 0.3) is 0 Å². The molecule has 0 aromatic heterocycles. The molecular formula is C11H13NO2S. The van der Waals surface area contributed by atoms with Crippen LogP contribution in [0.2, 0.25) is 0 Å². The van der Waals surface area contributed by atoms with Crippen molar-refractivity contribution in [2.45, 2.75) is 12.5 Å². The van der Waals surface area contributed by atoms with Crippen molar-refractivity contribution in [1.29, 1.82) is 0 Å². The van der Waals surface area contributed by atoms with Crippen LogP contribution in [0.1, 0.15) is 18.0 Å². The molecule has 1 atom stereocenters. The van der Waals surface area contributed by atoms with E-state index in [2.05, 4.69) is 17.9 Å². The maximum absolute atomic E-state index is 11.3. The molecule has 1 aliphatic rings. The molecule has 1 aromatic rings. The number of ether oxygens (including phenoxy) is 1. The Kier molecular flexibility index (Phi) is 3.16. The molecule has 0 bridgehead atoms. The number of para-hydroxylation sites is 1. The van der Waals surface area contributed by atoms with Crippen molar-refractivity contribution in [3.05, 3.63) is 29.8 Å². The number of hydrogen-bond donors (Lipinski definition) is 2. The van der Waals surface area contributed by atoms with Gasteiger partial charge in [-0.15, -0.1) is 0 Å². The van der Waals surface area contributed by atoms with Gasteiger partial charge in [0, 0.05) is 12.0 Å². The lowest BCUT2D eigenvalue weighted by Gasteiger charge is -2.26. The standard InChI is InChI=1S/C11H13NO2S/c13-11(7-15)12-9-5-6-14-10-4-2-1-3-8(9)10/h1-4,9,15H,5-7H2,(H,12,13). The number of carbonyl (C=O) groups excluding carboxylic acids is 1. The predicted molar refractivity (Wildman–Crippen MR) is 61.3 cm³/mol. The van der Waals surface area contributed by atoms with Gasteiger partial charge in [0.1, 0.15) is 5.75 Å². The SMILES string of the molecule is O=C(CS)NC1CCOc2ccccc21. The Morgan fingerprint density at radius 3 is 3.13 bits per heavy atom. The summed E-state index contributed by atoms with van der Waals surface area (Å²) in [7, 11) is 0. The van der Waals surface area contributed by atoms with Gasteiger partial charge in [-0.3, -0.25) is 4.79 Å². The quantitative estimate of drug-likeness (QED) is 0.747. The topological polar surface area (TPSA) is 38.3 Å². The van der Waals surface area contributed by atoms with E-state index < -0.39 is 0 Å². The Labute approximate surface area is 94.2 Å². The molecule has 2 rings (SSSR count). The van der Waals surface area contributed by atoms with Crippen LogP contribution in [0.15, 0.2) is 24.3 Å². The predicted octanol–water partition coefficient (Wildman–Crippen LogP) is 1.56. The number of benzene rings is 1. The van der Waals surface area contributed by atoms with E-state index in [1.54, 1.807) is 0 Å². The number of amides is 1. The third-order valence-electron chi connectivity index (χ3n) is 2.44. The van der Waals surface area contributed by atoms with Gasteiger partial charge >= 0.3 is 0 Å². The summed E-state index contributed by atoms with van der Waals surface area (Å²) in [5.74, 6) is 1.05. The monoisotopic (exact) mass is 223 g/mol. The van der Waals surface area contributed by atoms with E-state index in [9.17, 15) is 4.79 Å². The van der Waals surface area contributed by atoms with Crippen LogP contribution in [-0.2, 0) is 4.79 Å². The number of hydrogen-bond acceptors (Lipinski definition) is 3. The van der Waals surface area contributed by atoms with Crippen molar-refractivity contribution in [3.63, 3.8) is 0 Å². The Balaban J connectivity index is 2.18. The molecule has 4 heteroatoms. The molecule has 0 fully saturated rings. The van der Waals surface area contributed by atoms with Crippen LogP contribution in [0, 0.1) is 0 Å². The zero-order valence-electron chi connectivity index (χ0n) is 8.27. The van der Waals surface area contributed by atoms with Crippen molar-refractivity contribution in [1.82, 2.24) is 5.32 Å². The van der Waals surface area contributed by atoms with E-state index >= 15 is 0 Å². The summed E-state index contributed by atoms with van der Waals surface area (Å²) >= 11 is 3.94. The van der Waals surface area contributed by atoms with Crippen molar-refractivity contribution in [2.24, 2.45) is 0 Å². The third kappa shape index (κ3) is 2.26. The molecule has 1 aromatic carbocycles. The van der Waals surface area contributed by atoms with Gasteiger partial charge < -0.3 is 10.1 Å². The highest BCUT2D eigenvalue weighted by atomic mass is 32.1. The van der Waals surface area contributed by atoms with Crippen molar-refractivity contribution < 1.29 is 9.53 Å². The number of thiol groups is 1. The maximum atomic E-state index is 11.3. The summed E-state index contributed by atoms with van der Waals surface area (Å²) in [5, 5.41) is 2.93. The van der Waals surface area contributed by atoms with Crippen molar-refractivity contribution in [2.75, 3.05) is 12.4 Å². The molecular weight excluding hydrogens is 210 g/mol. The third-order valence-corrected chi connectivity index (χ3v) is 2.72. The first kappa shape index (κ1) is 10.4. The van der Waals surface area contributed by atoms with Crippen LogP contribution in [0.25, 0.3) is 0 Å². The molecule has 80 valence electrons. The van der Waals surface area contributed by atoms with E-state index in [4.69, 9.17) is 4.74 Å². The smallest absolute Gasteiger partial charge is 0.230 e. The second-order valence-corrected chi connectivity index (χ2v) is 3.77. The van der Waals surface area contributed by atoms with Crippen LogP contribution in [0.3, 0.4) is 0 Å². The molecule has 1 amide bonds. The second kappa shape index (κ2) is 4.57. The lowest BCUT2D eigenvalue weighted by molar-refractivity contribution is -0.119. The minimum Gasteiger partial charge on any atom is -0.493 e. The second-order valence-electron chi connectivity index (χ2n) is 3.45. The van der Waals surface area contributed by atoms with Gasteiger partial charge in [-0.05, 0) is 6.07 Å². The molecule has 15 heavy (non-hydrogen) atoms. The summed E-state index contributed by atoms with van der Waals surface area (Å²) < 4.78 is 5.50. The molecule has 3 nitrogen and oxygen atoms in total. The Bertz CT molecular complexity index is 367. The minimum absolute atomic E-state index is 0.0416. The number of rotatable bonds is 2.